The number of benzene rings is 2. The van der Waals surface area contributed by atoms with Gasteiger partial charge in [0, 0.05) is 49.5 Å². The van der Waals surface area contributed by atoms with Gasteiger partial charge in [-0.3, -0.25) is 14.7 Å². The van der Waals surface area contributed by atoms with Gasteiger partial charge in [-0.05, 0) is 35.4 Å². The summed E-state index contributed by atoms with van der Waals surface area (Å²) in [5.41, 5.74) is 5.44. The van der Waals surface area contributed by atoms with Crippen LogP contribution >= 0.6 is 0 Å². The highest BCUT2D eigenvalue weighted by Gasteiger charge is 2.14. The molecule has 1 N–H and O–H groups in total. The predicted molar refractivity (Wildman–Crippen MR) is 129 cm³/mol. The van der Waals surface area contributed by atoms with Crippen LogP contribution in [0.4, 0.5) is 0 Å². The van der Waals surface area contributed by atoms with Gasteiger partial charge >= 0.3 is 0 Å². The quantitative estimate of drug-likeness (QED) is 0.492. The number of pyridine rings is 2. The van der Waals surface area contributed by atoms with E-state index in [9.17, 15) is 4.79 Å². The Morgan fingerprint density at radius 1 is 0.939 bits per heavy atom. The standard InChI is InChI=1S/C27H26N4O2/c32-27(29-18-20-4-3-5-21(16-20)19-31-12-14-33-15-13-31)24-17-26(22-8-10-28-11-9-22)30-25-7-2-1-6-23(24)25/h1-11,16-17H,12-15,18-19H2,(H,29,32). The number of nitrogens with one attached hydrogen (secondary N) is 1. The van der Waals surface area contributed by atoms with Crippen LogP contribution in [0.3, 0.4) is 0 Å². The number of fused-ring (bicyclic) bond motifs is 1. The van der Waals surface area contributed by atoms with E-state index >= 15 is 0 Å². The second-order valence-electron chi connectivity index (χ2n) is 8.20. The topological polar surface area (TPSA) is 67.4 Å². The minimum Gasteiger partial charge on any atom is -0.379 e. The van der Waals surface area contributed by atoms with Crippen LogP contribution in [0, 0.1) is 0 Å². The fraction of sp³-hybridized carbons (Fsp3) is 0.222. The van der Waals surface area contributed by atoms with Gasteiger partial charge in [-0.2, -0.15) is 0 Å². The molecule has 33 heavy (non-hydrogen) atoms. The molecule has 0 unspecified atom stereocenters. The molecule has 1 aliphatic rings. The second kappa shape index (κ2) is 9.90. The normalized spacial score (nSPS) is 14.3. The van der Waals surface area contributed by atoms with Gasteiger partial charge in [0.1, 0.15) is 0 Å². The Bertz CT molecular complexity index is 1250. The Hall–Kier alpha value is -3.61. The number of morpholine rings is 1. The molecule has 5 rings (SSSR count). The van der Waals surface area contributed by atoms with E-state index < -0.39 is 0 Å². The lowest BCUT2D eigenvalue weighted by Crippen LogP contribution is -2.35. The Labute approximate surface area is 193 Å². The summed E-state index contributed by atoms with van der Waals surface area (Å²) in [6, 6.07) is 21.8. The van der Waals surface area contributed by atoms with Crippen molar-refractivity contribution in [1.29, 1.82) is 0 Å². The van der Waals surface area contributed by atoms with Crippen molar-refractivity contribution in [2.75, 3.05) is 26.3 Å². The molecule has 3 heterocycles. The van der Waals surface area contributed by atoms with Crippen molar-refractivity contribution in [2.24, 2.45) is 0 Å². The SMILES string of the molecule is O=C(NCc1cccc(CN2CCOCC2)c1)c1cc(-c2ccncc2)nc2ccccc12. The number of ether oxygens (including phenoxy) is 1. The number of hydrogen-bond acceptors (Lipinski definition) is 5. The third-order valence-electron chi connectivity index (χ3n) is 5.89. The molecule has 0 saturated carbocycles. The first-order valence-corrected chi connectivity index (χ1v) is 11.2. The number of hydrogen-bond donors (Lipinski definition) is 1. The Balaban J connectivity index is 1.35. The molecular formula is C27H26N4O2. The van der Waals surface area contributed by atoms with Crippen LogP contribution in [0.2, 0.25) is 0 Å². The molecule has 2 aromatic heterocycles. The summed E-state index contributed by atoms with van der Waals surface area (Å²) in [6.07, 6.45) is 3.46. The van der Waals surface area contributed by atoms with Gasteiger partial charge in [0.25, 0.3) is 5.91 Å². The number of carbonyl (C=O) groups excluding carboxylic acids is 1. The molecular weight excluding hydrogens is 412 g/mol. The van der Waals surface area contributed by atoms with Crippen LogP contribution < -0.4 is 5.32 Å². The monoisotopic (exact) mass is 438 g/mol. The number of carbonyl (C=O) groups is 1. The first-order valence-electron chi connectivity index (χ1n) is 11.2. The fourth-order valence-electron chi connectivity index (χ4n) is 4.17. The van der Waals surface area contributed by atoms with Gasteiger partial charge in [-0.15, -0.1) is 0 Å². The highest BCUT2D eigenvalue weighted by Crippen LogP contribution is 2.24. The molecule has 0 atom stereocenters. The zero-order chi connectivity index (χ0) is 22.5. The average Bonchev–Trinajstić information content (AvgIpc) is 2.88. The molecule has 0 radical (unpaired) electrons. The van der Waals surface area contributed by atoms with Crippen molar-refractivity contribution in [3.8, 4) is 11.3 Å². The van der Waals surface area contributed by atoms with E-state index in [4.69, 9.17) is 9.72 Å². The van der Waals surface area contributed by atoms with E-state index in [0.717, 1.165) is 60.6 Å². The van der Waals surface area contributed by atoms with Gasteiger partial charge in [-0.1, -0.05) is 42.5 Å². The van der Waals surface area contributed by atoms with Gasteiger partial charge in [0.2, 0.25) is 0 Å². The van der Waals surface area contributed by atoms with Crippen molar-refractivity contribution in [3.05, 3.63) is 95.8 Å². The van der Waals surface area contributed by atoms with Crippen LogP contribution in [-0.2, 0) is 17.8 Å². The number of aromatic nitrogens is 2. The molecule has 4 aromatic rings. The molecule has 0 aliphatic carbocycles. The number of rotatable bonds is 6. The third kappa shape index (κ3) is 5.08. The highest BCUT2D eigenvalue weighted by molar-refractivity contribution is 6.07. The smallest absolute Gasteiger partial charge is 0.252 e. The molecule has 6 nitrogen and oxygen atoms in total. The second-order valence-corrected chi connectivity index (χ2v) is 8.20. The van der Waals surface area contributed by atoms with Crippen molar-refractivity contribution in [1.82, 2.24) is 20.2 Å². The lowest BCUT2D eigenvalue weighted by molar-refractivity contribution is 0.0342. The molecule has 0 spiro atoms. The van der Waals surface area contributed by atoms with Crippen LogP contribution in [0.5, 0.6) is 0 Å². The van der Waals surface area contributed by atoms with E-state index in [2.05, 4.69) is 39.5 Å². The molecule has 2 aromatic carbocycles. The number of nitrogens with zero attached hydrogens (tertiary/aromatic N) is 3. The predicted octanol–water partition coefficient (Wildman–Crippen LogP) is 4.06. The van der Waals surface area contributed by atoms with E-state index in [0.29, 0.717) is 12.1 Å². The first-order chi connectivity index (χ1) is 16.3. The van der Waals surface area contributed by atoms with Crippen molar-refractivity contribution in [3.63, 3.8) is 0 Å². The van der Waals surface area contributed by atoms with E-state index in [-0.39, 0.29) is 5.91 Å². The van der Waals surface area contributed by atoms with E-state index in [1.54, 1.807) is 12.4 Å². The summed E-state index contributed by atoms with van der Waals surface area (Å²) in [6.45, 7) is 4.85. The Morgan fingerprint density at radius 3 is 2.58 bits per heavy atom. The first kappa shape index (κ1) is 21.2. The Morgan fingerprint density at radius 2 is 1.73 bits per heavy atom. The van der Waals surface area contributed by atoms with Gasteiger partial charge < -0.3 is 10.1 Å². The van der Waals surface area contributed by atoms with Crippen molar-refractivity contribution in [2.45, 2.75) is 13.1 Å². The van der Waals surface area contributed by atoms with E-state index in [1.807, 2.05) is 42.5 Å². The minimum atomic E-state index is -0.109. The molecule has 6 heteroatoms. The molecule has 1 aliphatic heterocycles. The lowest BCUT2D eigenvalue weighted by Gasteiger charge is -2.26. The summed E-state index contributed by atoms with van der Waals surface area (Å²) in [7, 11) is 0. The van der Waals surface area contributed by atoms with E-state index in [1.165, 1.54) is 5.56 Å². The summed E-state index contributed by atoms with van der Waals surface area (Å²) in [4.78, 5) is 24.5. The minimum absolute atomic E-state index is 0.109. The maximum Gasteiger partial charge on any atom is 0.252 e. The highest BCUT2D eigenvalue weighted by atomic mass is 16.5. The Kier molecular flexibility index (Phi) is 6.37. The summed E-state index contributed by atoms with van der Waals surface area (Å²) in [5, 5.41) is 3.95. The maximum absolute atomic E-state index is 13.2. The fourth-order valence-corrected chi connectivity index (χ4v) is 4.17. The molecule has 0 bridgehead atoms. The van der Waals surface area contributed by atoms with Crippen LogP contribution in [-0.4, -0.2) is 47.1 Å². The molecule has 1 amide bonds. The summed E-state index contributed by atoms with van der Waals surface area (Å²) in [5.74, 6) is -0.109. The number of amides is 1. The molecule has 166 valence electrons. The summed E-state index contributed by atoms with van der Waals surface area (Å²) >= 11 is 0. The maximum atomic E-state index is 13.2. The van der Waals surface area contributed by atoms with Crippen LogP contribution in [0.25, 0.3) is 22.2 Å². The van der Waals surface area contributed by atoms with Gasteiger partial charge in [0.05, 0.1) is 30.0 Å². The van der Waals surface area contributed by atoms with Crippen LogP contribution in [0.1, 0.15) is 21.5 Å². The van der Waals surface area contributed by atoms with Crippen molar-refractivity contribution < 1.29 is 9.53 Å². The van der Waals surface area contributed by atoms with Crippen molar-refractivity contribution >= 4 is 16.8 Å². The van der Waals surface area contributed by atoms with Gasteiger partial charge in [0.15, 0.2) is 0 Å². The third-order valence-corrected chi connectivity index (χ3v) is 5.89. The van der Waals surface area contributed by atoms with Gasteiger partial charge in [-0.25, -0.2) is 4.98 Å². The molecule has 1 fully saturated rings. The lowest BCUT2D eigenvalue weighted by atomic mass is 10.0. The average molecular weight is 439 g/mol. The molecule has 1 saturated heterocycles. The van der Waals surface area contributed by atoms with Crippen LogP contribution in [0.15, 0.2) is 79.1 Å². The number of para-hydroxylation sites is 1. The summed E-state index contributed by atoms with van der Waals surface area (Å²) < 4.78 is 5.44. The zero-order valence-electron chi connectivity index (χ0n) is 18.4. The largest absolute Gasteiger partial charge is 0.379 e. The zero-order valence-corrected chi connectivity index (χ0v) is 18.4.